The smallest absolute Gasteiger partial charge is 0.117 e. The summed E-state index contributed by atoms with van der Waals surface area (Å²) in [7, 11) is 0. The summed E-state index contributed by atoms with van der Waals surface area (Å²) in [5.74, 6) is 2.03. The molecular formula is C12H21NO. The Morgan fingerprint density at radius 1 is 1.36 bits per heavy atom. The van der Waals surface area contributed by atoms with E-state index in [1.165, 1.54) is 19.3 Å². The molecule has 1 aromatic rings. The van der Waals surface area contributed by atoms with Gasteiger partial charge in [0.2, 0.25) is 0 Å². The van der Waals surface area contributed by atoms with Crippen molar-refractivity contribution in [1.29, 1.82) is 0 Å². The molecule has 0 radical (unpaired) electrons. The van der Waals surface area contributed by atoms with E-state index in [2.05, 4.69) is 19.2 Å². The van der Waals surface area contributed by atoms with Gasteiger partial charge in [0.25, 0.3) is 0 Å². The second-order valence-corrected chi connectivity index (χ2v) is 3.79. The van der Waals surface area contributed by atoms with Crippen LogP contribution in [0.25, 0.3) is 0 Å². The first kappa shape index (κ1) is 11.3. The zero-order chi connectivity index (χ0) is 10.4. The molecule has 14 heavy (non-hydrogen) atoms. The topological polar surface area (TPSA) is 25.2 Å². The summed E-state index contributed by atoms with van der Waals surface area (Å²) in [6, 6.07) is 4.68. The normalized spacial score (nSPS) is 13.1. The fraction of sp³-hybridized carbons (Fsp3) is 0.667. The second kappa shape index (κ2) is 5.86. The minimum absolute atomic E-state index is 0.630. The molecule has 0 spiro atoms. The van der Waals surface area contributed by atoms with Crippen molar-refractivity contribution in [2.45, 2.75) is 52.6 Å². The van der Waals surface area contributed by atoms with Crippen LogP contribution in [0.15, 0.2) is 16.5 Å². The summed E-state index contributed by atoms with van der Waals surface area (Å²) in [6.45, 7) is 7.28. The first-order valence-corrected chi connectivity index (χ1v) is 5.55. The Morgan fingerprint density at radius 3 is 2.64 bits per heavy atom. The maximum Gasteiger partial charge on any atom is 0.117 e. The van der Waals surface area contributed by atoms with Crippen molar-refractivity contribution in [1.82, 2.24) is 5.32 Å². The Balaban J connectivity index is 2.31. The van der Waals surface area contributed by atoms with E-state index in [1.807, 2.05) is 19.1 Å². The average molecular weight is 195 g/mol. The van der Waals surface area contributed by atoms with Crippen LogP contribution in [-0.4, -0.2) is 6.04 Å². The molecule has 2 heteroatoms. The van der Waals surface area contributed by atoms with E-state index in [-0.39, 0.29) is 0 Å². The van der Waals surface area contributed by atoms with Gasteiger partial charge < -0.3 is 9.73 Å². The minimum atomic E-state index is 0.630. The molecule has 1 N–H and O–H groups in total. The second-order valence-electron chi connectivity index (χ2n) is 3.79. The maximum atomic E-state index is 5.49. The number of nitrogens with one attached hydrogen (secondary N) is 1. The maximum absolute atomic E-state index is 5.49. The Labute approximate surface area is 86.7 Å². The number of hydrogen-bond acceptors (Lipinski definition) is 2. The van der Waals surface area contributed by atoms with Gasteiger partial charge in [-0.25, -0.2) is 0 Å². The third kappa shape index (κ3) is 3.54. The zero-order valence-corrected chi connectivity index (χ0v) is 9.47. The van der Waals surface area contributed by atoms with Crippen molar-refractivity contribution < 1.29 is 4.42 Å². The quantitative estimate of drug-likeness (QED) is 0.753. The third-order valence-electron chi connectivity index (χ3n) is 2.49. The van der Waals surface area contributed by atoms with E-state index in [0.717, 1.165) is 18.1 Å². The lowest BCUT2D eigenvalue weighted by Crippen LogP contribution is -2.27. The molecule has 0 amide bonds. The van der Waals surface area contributed by atoms with Crippen molar-refractivity contribution in [3.63, 3.8) is 0 Å². The summed E-state index contributed by atoms with van der Waals surface area (Å²) in [5.41, 5.74) is 0. The highest BCUT2D eigenvalue weighted by Crippen LogP contribution is 2.07. The van der Waals surface area contributed by atoms with Gasteiger partial charge in [-0.2, -0.15) is 0 Å². The van der Waals surface area contributed by atoms with E-state index in [0.29, 0.717) is 6.04 Å². The lowest BCUT2D eigenvalue weighted by molar-refractivity contribution is 0.410. The molecule has 0 saturated carbocycles. The van der Waals surface area contributed by atoms with Crippen molar-refractivity contribution in [2.75, 3.05) is 0 Å². The van der Waals surface area contributed by atoms with E-state index < -0.39 is 0 Å². The van der Waals surface area contributed by atoms with Crippen molar-refractivity contribution in [2.24, 2.45) is 0 Å². The van der Waals surface area contributed by atoms with Crippen molar-refractivity contribution in [3.8, 4) is 0 Å². The molecule has 0 aliphatic carbocycles. The molecule has 80 valence electrons. The van der Waals surface area contributed by atoms with Gasteiger partial charge in [0.05, 0.1) is 6.54 Å². The lowest BCUT2D eigenvalue weighted by Gasteiger charge is -2.14. The fourth-order valence-electron chi connectivity index (χ4n) is 1.62. The highest BCUT2D eigenvalue weighted by molar-refractivity contribution is 5.05. The van der Waals surface area contributed by atoms with Crippen molar-refractivity contribution >= 4 is 0 Å². The van der Waals surface area contributed by atoms with Crippen LogP contribution in [0.1, 0.15) is 44.6 Å². The predicted molar refractivity (Wildman–Crippen MR) is 59.3 cm³/mol. The standard InChI is InChI=1S/C12H21NO/c1-4-6-11(5-2)13-9-12-8-7-10(3)14-12/h7-8,11,13H,4-6,9H2,1-3H3. The Hall–Kier alpha value is -0.760. The van der Waals surface area contributed by atoms with Crippen LogP contribution >= 0.6 is 0 Å². The molecule has 1 rings (SSSR count). The van der Waals surface area contributed by atoms with Crippen molar-refractivity contribution in [3.05, 3.63) is 23.7 Å². The van der Waals surface area contributed by atoms with Crippen LogP contribution in [0.3, 0.4) is 0 Å². The van der Waals surface area contributed by atoms with E-state index in [1.54, 1.807) is 0 Å². The SMILES string of the molecule is CCCC(CC)NCc1ccc(C)o1. The summed E-state index contributed by atoms with van der Waals surface area (Å²) >= 11 is 0. The molecule has 0 fully saturated rings. The molecule has 1 aromatic heterocycles. The Morgan fingerprint density at radius 2 is 2.14 bits per heavy atom. The van der Waals surface area contributed by atoms with Crippen LogP contribution in [0.5, 0.6) is 0 Å². The number of hydrogen-bond donors (Lipinski definition) is 1. The molecule has 1 unspecified atom stereocenters. The van der Waals surface area contributed by atoms with E-state index in [4.69, 9.17) is 4.42 Å². The van der Waals surface area contributed by atoms with E-state index in [9.17, 15) is 0 Å². The molecule has 1 atom stereocenters. The Kier molecular flexibility index (Phi) is 4.74. The first-order valence-electron chi connectivity index (χ1n) is 5.55. The van der Waals surface area contributed by atoms with E-state index >= 15 is 0 Å². The van der Waals surface area contributed by atoms with Crippen LogP contribution < -0.4 is 5.32 Å². The fourth-order valence-corrected chi connectivity index (χ4v) is 1.62. The minimum Gasteiger partial charge on any atom is -0.465 e. The molecule has 0 saturated heterocycles. The number of aryl methyl sites for hydroxylation is 1. The summed E-state index contributed by atoms with van der Waals surface area (Å²) in [6.07, 6.45) is 3.67. The molecule has 0 aliphatic heterocycles. The van der Waals surface area contributed by atoms with Gasteiger partial charge in [0, 0.05) is 6.04 Å². The lowest BCUT2D eigenvalue weighted by atomic mass is 10.1. The van der Waals surface area contributed by atoms with Gasteiger partial charge in [0.15, 0.2) is 0 Å². The zero-order valence-electron chi connectivity index (χ0n) is 9.47. The molecule has 0 bridgehead atoms. The molecular weight excluding hydrogens is 174 g/mol. The van der Waals surface area contributed by atoms with Crippen LogP contribution in [-0.2, 0) is 6.54 Å². The van der Waals surface area contributed by atoms with Crippen LogP contribution in [0.4, 0.5) is 0 Å². The molecule has 0 aromatic carbocycles. The monoisotopic (exact) mass is 195 g/mol. The Bertz CT molecular complexity index is 255. The first-order chi connectivity index (χ1) is 6.76. The molecule has 1 heterocycles. The average Bonchev–Trinajstić information content (AvgIpc) is 2.59. The highest BCUT2D eigenvalue weighted by Gasteiger charge is 2.05. The predicted octanol–water partition coefficient (Wildman–Crippen LogP) is 3.26. The van der Waals surface area contributed by atoms with Gasteiger partial charge >= 0.3 is 0 Å². The van der Waals surface area contributed by atoms with Gasteiger partial charge in [-0.05, 0) is 31.9 Å². The largest absolute Gasteiger partial charge is 0.465 e. The molecule has 0 aliphatic rings. The van der Waals surface area contributed by atoms with Gasteiger partial charge in [-0.15, -0.1) is 0 Å². The molecule has 2 nitrogen and oxygen atoms in total. The van der Waals surface area contributed by atoms with Crippen LogP contribution in [0.2, 0.25) is 0 Å². The highest BCUT2D eigenvalue weighted by atomic mass is 16.3. The number of rotatable bonds is 6. The third-order valence-corrected chi connectivity index (χ3v) is 2.49. The summed E-state index contributed by atoms with van der Waals surface area (Å²) in [5, 5.41) is 3.51. The summed E-state index contributed by atoms with van der Waals surface area (Å²) in [4.78, 5) is 0. The van der Waals surface area contributed by atoms with Gasteiger partial charge in [-0.3, -0.25) is 0 Å². The van der Waals surface area contributed by atoms with Gasteiger partial charge in [-0.1, -0.05) is 20.3 Å². The summed E-state index contributed by atoms with van der Waals surface area (Å²) < 4.78 is 5.49. The van der Waals surface area contributed by atoms with Crippen LogP contribution in [0, 0.1) is 6.92 Å². The number of furan rings is 1. The van der Waals surface area contributed by atoms with Gasteiger partial charge in [0.1, 0.15) is 11.5 Å².